The first-order valence-electron chi connectivity index (χ1n) is 7.55. The third-order valence-electron chi connectivity index (χ3n) is 3.93. The van der Waals surface area contributed by atoms with Crippen molar-refractivity contribution in [3.05, 3.63) is 0 Å². The molecule has 0 heterocycles. The van der Waals surface area contributed by atoms with Crippen molar-refractivity contribution >= 4 is 0 Å². The minimum atomic E-state index is 0.152. The zero-order valence-electron chi connectivity index (χ0n) is 12.1. The Kier molecular flexibility index (Phi) is 7.14. The summed E-state index contributed by atoms with van der Waals surface area (Å²) >= 11 is 0. The van der Waals surface area contributed by atoms with Gasteiger partial charge in [0.25, 0.3) is 0 Å². The second-order valence-electron chi connectivity index (χ2n) is 5.70. The summed E-state index contributed by atoms with van der Waals surface area (Å²) in [5.74, 6) is 0. The molecule has 1 rings (SSSR count). The second-order valence-corrected chi connectivity index (χ2v) is 5.70. The fourth-order valence-corrected chi connectivity index (χ4v) is 3.02. The van der Waals surface area contributed by atoms with Crippen LogP contribution in [0.15, 0.2) is 0 Å². The quantitative estimate of drug-likeness (QED) is 0.618. The number of hydrogen-bond donors (Lipinski definition) is 1. The van der Waals surface area contributed by atoms with Gasteiger partial charge in [0.15, 0.2) is 0 Å². The molecular weight excluding hydrogens is 210 g/mol. The van der Waals surface area contributed by atoms with Gasteiger partial charge in [0.05, 0.1) is 11.7 Å². The summed E-state index contributed by atoms with van der Waals surface area (Å²) < 4.78 is 6.36. The zero-order valence-corrected chi connectivity index (χ0v) is 12.1. The van der Waals surface area contributed by atoms with E-state index in [9.17, 15) is 0 Å². The fraction of sp³-hybridized carbons (Fsp3) is 1.00. The predicted molar refractivity (Wildman–Crippen MR) is 74.4 cm³/mol. The highest BCUT2D eigenvalue weighted by atomic mass is 16.5. The van der Waals surface area contributed by atoms with Crippen LogP contribution in [0.5, 0.6) is 0 Å². The van der Waals surface area contributed by atoms with Crippen LogP contribution in [0.4, 0.5) is 0 Å². The first-order chi connectivity index (χ1) is 8.22. The van der Waals surface area contributed by atoms with Gasteiger partial charge in [-0.1, -0.05) is 45.4 Å². The summed E-state index contributed by atoms with van der Waals surface area (Å²) in [5, 5.41) is 3.31. The van der Waals surface area contributed by atoms with Crippen LogP contribution in [0.2, 0.25) is 0 Å². The van der Waals surface area contributed by atoms with Crippen LogP contribution < -0.4 is 5.32 Å². The summed E-state index contributed by atoms with van der Waals surface area (Å²) in [7, 11) is 2.04. The molecule has 1 saturated carbocycles. The largest absolute Gasteiger partial charge is 0.371 e. The van der Waals surface area contributed by atoms with Crippen molar-refractivity contribution in [3.8, 4) is 0 Å². The standard InChI is InChI=1S/C15H31NO/c1-4-5-6-7-10-14(2)17-15(13-16-3)11-8-9-12-15/h14,16H,4-13H2,1-3H3. The molecule has 0 bridgehead atoms. The number of ether oxygens (including phenoxy) is 1. The molecule has 1 atom stereocenters. The molecule has 0 aromatic heterocycles. The molecule has 1 aliphatic carbocycles. The van der Waals surface area contributed by atoms with Crippen molar-refractivity contribution in [1.29, 1.82) is 0 Å². The lowest BCUT2D eigenvalue weighted by Crippen LogP contribution is -2.41. The van der Waals surface area contributed by atoms with E-state index in [1.54, 1.807) is 0 Å². The Morgan fingerprint density at radius 2 is 1.88 bits per heavy atom. The summed E-state index contributed by atoms with van der Waals surface area (Å²) in [5.41, 5.74) is 0.152. The van der Waals surface area contributed by atoms with Gasteiger partial charge in [-0.15, -0.1) is 0 Å². The van der Waals surface area contributed by atoms with Crippen LogP contribution in [-0.2, 0) is 4.74 Å². The molecule has 0 spiro atoms. The summed E-state index contributed by atoms with van der Waals surface area (Å²) in [4.78, 5) is 0. The van der Waals surface area contributed by atoms with Gasteiger partial charge >= 0.3 is 0 Å². The monoisotopic (exact) mass is 241 g/mol. The first kappa shape index (κ1) is 15.0. The Morgan fingerprint density at radius 3 is 2.47 bits per heavy atom. The molecule has 1 aliphatic rings. The highest BCUT2D eigenvalue weighted by molar-refractivity contribution is 4.89. The lowest BCUT2D eigenvalue weighted by atomic mass is 10.0. The maximum absolute atomic E-state index is 6.36. The fourth-order valence-electron chi connectivity index (χ4n) is 3.02. The highest BCUT2D eigenvalue weighted by Gasteiger charge is 2.35. The molecule has 0 aromatic carbocycles. The average molecular weight is 241 g/mol. The number of likely N-dealkylation sites (N-methyl/N-ethyl adjacent to an activating group) is 1. The number of unbranched alkanes of at least 4 members (excludes halogenated alkanes) is 3. The minimum Gasteiger partial charge on any atom is -0.371 e. The lowest BCUT2D eigenvalue weighted by molar-refractivity contribution is -0.0837. The van der Waals surface area contributed by atoms with Crippen molar-refractivity contribution in [1.82, 2.24) is 5.32 Å². The van der Waals surface area contributed by atoms with Crippen LogP contribution in [-0.4, -0.2) is 25.3 Å². The van der Waals surface area contributed by atoms with E-state index in [0.717, 1.165) is 6.54 Å². The molecule has 2 nitrogen and oxygen atoms in total. The Morgan fingerprint density at radius 1 is 1.18 bits per heavy atom. The topological polar surface area (TPSA) is 21.3 Å². The van der Waals surface area contributed by atoms with Crippen molar-refractivity contribution in [2.24, 2.45) is 0 Å². The highest BCUT2D eigenvalue weighted by Crippen LogP contribution is 2.34. The van der Waals surface area contributed by atoms with Gasteiger partial charge in [-0.05, 0) is 33.2 Å². The molecule has 17 heavy (non-hydrogen) atoms. The molecule has 1 N–H and O–H groups in total. The van der Waals surface area contributed by atoms with Crippen molar-refractivity contribution in [3.63, 3.8) is 0 Å². The summed E-state index contributed by atoms with van der Waals surface area (Å²) in [6.07, 6.45) is 12.2. The normalized spacial score (nSPS) is 20.6. The molecule has 0 aromatic rings. The molecule has 1 unspecified atom stereocenters. The Hall–Kier alpha value is -0.0800. The third-order valence-corrected chi connectivity index (χ3v) is 3.93. The van der Waals surface area contributed by atoms with Crippen LogP contribution >= 0.6 is 0 Å². The van der Waals surface area contributed by atoms with Crippen LogP contribution in [0.25, 0.3) is 0 Å². The van der Waals surface area contributed by atoms with Gasteiger partial charge in [-0.3, -0.25) is 0 Å². The zero-order chi connectivity index (χ0) is 12.6. The molecule has 0 saturated heterocycles. The summed E-state index contributed by atoms with van der Waals surface area (Å²) in [6.45, 7) is 5.54. The maximum atomic E-state index is 6.36. The number of rotatable bonds is 9. The van der Waals surface area contributed by atoms with E-state index >= 15 is 0 Å². The Bertz CT molecular complexity index is 187. The molecular formula is C15H31NO. The maximum Gasteiger partial charge on any atom is 0.0809 e. The van der Waals surface area contributed by atoms with E-state index in [2.05, 4.69) is 19.2 Å². The Labute approximate surface area is 108 Å². The third kappa shape index (κ3) is 5.39. The molecule has 0 amide bonds. The molecule has 0 radical (unpaired) electrons. The lowest BCUT2D eigenvalue weighted by Gasteiger charge is -2.32. The van der Waals surface area contributed by atoms with Gasteiger partial charge in [0, 0.05) is 6.54 Å². The summed E-state index contributed by atoms with van der Waals surface area (Å²) in [6, 6.07) is 0. The molecule has 102 valence electrons. The van der Waals surface area contributed by atoms with Crippen LogP contribution in [0.3, 0.4) is 0 Å². The average Bonchev–Trinajstić information content (AvgIpc) is 2.73. The van der Waals surface area contributed by atoms with E-state index < -0.39 is 0 Å². The molecule has 2 heteroatoms. The Balaban J connectivity index is 2.24. The first-order valence-corrected chi connectivity index (χ1v) is 7.55. The number of hydrogen-bond acceptors (Lipinski definition) is 2. The van der Waals surface area contributed by atoms with Gasteiger partial charge in [0.2, 0.25) is 0 Å². The molecule has 0 aliphatic heterocycles. The van der Waals surface area contributed by atoms with Crippen LogP contribution in [0.1, 0.15) is 71.6 Å². The SMILES string of the molecule is CCCCCCC(C)OC1(CNC)CCCC1. The van der Waals surface area contributed by atoms with Crippen LogP contribution in [0, 0.1) is 0 Å². The van der Waals surface area contributed by atoms with Gasteiger partial charge in [-0.2, -0.15) is 0 Å². The minimum absolute atomic E-state index is 0.152. The molecule has 1 fully saturated rings. The van der Waals surface area contributed by atoms with E-state index in [1.807, 2.05) is 7.05 Å². The predicted octanol–water partition coefficient (Wildman–Crippen LogP) is 3.89. The van der Waals surface area contributed by atoms with E-state index in [-0.39, 0.29) is 5.60 Å². The smallest absolute Gasteiger partial charge is 0.0809 e. The second kappa shape index (κ2) is 8.10. The van der Waals surface area contributed by atoms with Gasteiger partial charge < -0.3 is 10.1 Å². The van der Waals surface area contributed by atoms with Crippen molar-refractivity contribution in [2.45, 2.75) is 83.3 Å². The van der Waals surface area contributed by atoms with Crippen molar-refractivity contribution < 1.29 is 4.74 Å². The van der Waals surface area contributed by atoms with Crippen molar-refractivity contribution in [2.75, 3.05) is 13.6 Å². The number of nitrogens with one attached hydrogen (secondary N) is 1. The van der Waals surface area contributed by atoms with E-state index in [0.29, 0.717) is 6.10 Å². The van der Waals surface area contributed by atoms with Gasteiger partial charge in [0.1, 0.15) is 0 Å². The van der Waals surface area contributed by atoms with E-state index in [1.165, 1.54) is 57.8 Å². The van der Waals surface area contributed by atoms with E-state index in [4.69, 9.17) is 4.74 Å². The van der Waals surface area contributed by atoms with Gasteiger partial charge in [-0.25, -0.2) is 0 Å².